The van der Waals surface area contributed by atoms with E-state index in [4.69, 9.17) is 0 Å². The van der Waals surface area contributed by atoms with Crippen molar-refractivity contribution >= 4 is 23.7 Å². The largest absolute Gasteiger partial charge is 0.345 e. The Kier molecular flexibility index (Phi) is 7.27. The van der Waals surface area contributed by atoms with Crippen molar-refractivity contribution in [1.29, 1.82) is 5.26 Å². The van der Waals surface area contributed by atoms with Crippen LogP contribution in [0, 0.1) is 18.3 Å². The van der Waals surface area contributed by atoms with Gasteiger partial charge in [0.25, 0.3) is 0 Å². The average Bonchev–Trinajstić information content (AvgIpc) is 2.97. The molecule has 0 unspecified atom stereocenters. The molecule has 2 N–H and O–H groups in total. The molecule has 1 saturated carbocycles. The number of carbonyl (C=O) groups is 2. The Bertz CT molecular complexity index is 1110. The molecule has 0 saturated heterocycles. The van der Waals surface area contributed by atoms with E-state index in [2.05, 4.69) is 21.3 Å². The Morgan fingerprint density at radius 2 is 1.85 bits per heavy atom. The normalized spacial score (nSPS) is 13.9. The smallest absolute Gasteiger partial charge is 0.319 e. The number of urea groups is 1. The van der Waals surface area contributed by atoms with Crippen LogP contribution in [-0.2, 0) is 4.79 Å². The monoisotopic (exact) mass is 447 g/mol. The van der Waals surface area contributed by atoms with Gasteiger partial charge in [-0.2, -0.15) is 5.26 Å². The molecule has 3 rings (SSSR count). The fourth-order valence-corrected chi connectivity index (χ4v) is 4.17. The highest BCUT2D eigenvalue weighted by Crippen LogP contribution is 2.42. The van der Waals surface area contributed by atoms with E-state index in [9.17, 15) is 14.9 Å². The molecular formula is C26H33N5O2. The van der Waals surface area contributed by atoms with Gasteiger partial charge in [-0.25, -0.2) is 4.79 Å². The summed E-state index contributed by atoms with van der Waals surface area (Å²) in [6.45, 7) is 7.62. The first-order valence-electron chi connectivity index (χ1n) is 11.4. The highest BCUT2D eigenvalue weighted by molar-refractivity contribution is 5.98. The number of nitrogens with one attached hydrogen (secondary N) is 2. The van der Waals surface area contributed by atoms with Crippen LogP contribution < -0.4 is 10.6 Å². The number of amides is 3. The second-order valence-electron chi connectivity index (χ2n) is 9.15. The summed E-state index contributed by atoms with van der Waals surface area (Å²) in [7, 11) is 3.44. The van der Waals surface area contributed by atoms with Gasteiger partial charge in [0.15, 0.2) is 0 Å². The van der Waals surface area contributed by atoms with Crippen LogP contribution in [0.25, 0.3) is 17.3 Å². The number of nitriles is 1. The molecule has 7 nitrogen and oxygen atoms in total. The molecule has 0 aliphatic heterocycles. The van der Waals surface area contributed by atoms with Crippen molar-refractivity contribution in [2.24, 2.45) is 0 Å². The average molecular weight is 448 g/mol. The molecule has 1 aliphatic carbocycles. The minimum Gasteiger partial charge on any atom is -0.345 e. The van der Waals surface area contributed by atoms with Crippen molar-refractivity contribution in [3.8, 4) is 17.3 Å². The minimum atomic E-state index is -0.252. The zero-order valence-electron chi connectivity index (χ0n) is 20.3. The number of likely N-dealkylation sites (N-methyl/N-ethyl adjacent to an activating group) is 1. The first-order chi connectivity index (χ1) is 15.6. The third-order valence-corrected chi connectivity index (χ3v) is 5.99. The van der Waals surface area contributed by atoms with Crippen molar-refractivity contribution < 1.29 is 9.59 Å². The second-order valence-corrected chi connectivity index (χ2v) is 9.15. The highest BCUT2D eigenvalue weighted by atomic mass is 16.2. The van der Waals surface area contributed by atoms with Gasteiger partial charge in [-0.3, -0.25) is 4.79 Å². The molecular weight excluding hydrogens is 414 g/mol. The molecule has 0 radical (unpaired) electrons. The van der Waals surface area contributed by atoms with E-state index in [1.807, 2.05) is 51.1 Å². The maximum atomic E-state index is 12.4. The van der Waals surface area contributed by atoms with Crippen LogP contribution >= 0.6 is 0 Å². The molecule has 0 spiro atoms. The SMILES string of the molecule is C/C(=C\c1c(C#N)c(-c2ccc(NC(=O)NC(C)C)cc2)n(C2CCC2)c1C)C(=O)N(C)C. The number of rotatable bonds is 6. The van der Waals surface area contributed by atoms with Gasteiger partial charge in [0.1, 0.15) is 6.07 Å². The van der Waals surface area contributed by atoms with Crippen LogP contribution in [0.3, 0.4) is 0 Å². The predicted molar refractivity (Wildman–Crippen MR) is 132 cm³/mol. The van der Waals surface area contributed by atoms with Gasteiger partial charge in [-0.05, 0) is 70.7 Å². The Hall–Kier alpha value is -3.53. The van der Waals surface area contributed by atoms with Gasteiger partial charge in [-0.1, -0.05) is 12.1 Å². The van der Waals surface area contributed by atoms with Crippen molar-refractivity contribution in [3.63, 3.8) is 0 Å². The summed E-state index contributed by atoms with van der Waals surface area (Å²) >= 11 is 0. The van der Waals surface area contributed by atoms with Crippen LogP contribution in [0.4, 0.5) is 10.5 Å². The summed E-state index contributed by atoms with van der Waals surface area (Å²) < 4.78 is 2.26. The molecule has 2 aromatic rings. The van der Waals surface area contributed by atoms with Crippen LogP contribution in [0.15, 0.2) is 29.8 Å². The van der Waals surface area contributed by atoms with Crippen molar-refractivity contribution in [2.75, 3.05) is 19.4 Å². The van der Waals surface area contributed by atoms with Crippen molar-refractivity contribution in [1.82, 2.24) is 14.8 Å². The van der Waals surface area contributed by atoms with Crippen LogP contribution in [0.2, 0.25) is 0 Å². The van der Waals surface area contributed by atoms with Gasteiger partial charge >= 0.3 is 6.03 Å². The lowest BCUT2D eigenvalue weighted by Gasteiger charge is -2.31. The van der Waals surface area contributed by atoms with E-state index in [-0.39, 0.29) is 18.0 Å². The summed E-state index contributed by atoms with van der Waals surface area (Å²) in [5.41, 5.74) is 5.42. The fourth-order valence-electron chi connectivity index (χ4n) is 4.17. The minimum absolute atomic E-state index is 0.0468. The molecule has 1 fully saturated rings. The Labute approximate surface area is 196 Å². The Morgan fingerprint density at radius 3 is 2.33 bits per heavy atom. The second kappa shape index (κ2) is 9.95. The van der Waals surface area contributed by atoms with Crippen LogP contribution in [0.5, 0.6) is 0 Å². The molecule has 0 bridgehead atoms. The topological polar surface area (TPSA) is 90.2 Å². The number of aromatic nitrogens is 1. The van der Waals surface area contributed by atoms with E-state index in [0.29, 0.717) is 22.9 Å². The van der Waals surface area contributed by atoms with Gasteiger partial charge in [0, 0.05) is 48.7 Å². The molecule has 1 aromatic heterocycles. The Morgan fingerprint density at radius 1 is 1.21 bits per heavy atom. The predicted octanol–water partition coefficient (Wildman–Crippen LogP) is 5.08. The number of carbonyl (C=O) groups excluding carboxylic acids is 2. The fraction of sp³-hybridized carbons (Fsp3) is 0.423. The highest BCUT2D eigenvalue weighted by Gasteiger charge is 2.29. The third kappa shape index (κ3) is 5.11. The first kappa shape index (κ1) is 24.1. The van der Waals surface area contributed by atoms with Crippen molar-refractivity contribution in [3.05, 3.63) is 46.7 Å². The molecule has 0 atom stereocenters. The third-order valence-electron chi connectivity index (χ3n) is 5.99. The number of hydrogen-bond acceptors (Lipinski definition) is 3. The molecule has 1 heterocycles. The summed E-state index contributed by atoms with van der Waals surface area (Å²) in [6.07, 6.45) is 5.14. The maximum Gasteiger partial charge on any atom is 0.319 e. The molecule has 3 amide bonds. The lowest BCUT2D eigenvalue weighted by Crippen LogP contribution is -2.34. The van der Waals surface area contributed by atoms with E-state index < -0.39 is 0 Å². The van der Waals surface area contributed by atoms with E-state index >= 15 is 0 Å². The van der Waals surface area contributed by atoms with Gasteiger partial charge in [0.2, 0.25) is 5.91 Å². The zero-order valence-corrected chi connectivity index (χ0v) is 20.3. The summed E-state index contributed by atoms with van der Waals surface area (Å²) in [5.74, 6) is -0.0775. The molecule has 1 aromatic carbocycles. The van der Waals surface area contributed by atoms with E-state index in [0.717, 1.165) is 35.4 Å². The van der Waals surface area contributed by atoms with Crippen LogP contribution in [0.1, 0.15) is 62.9 Å². The number of hydrogen-bond donors (Lipinski definition) is 2. The summed E-state index contributed by atoms with van der Waals surface area (Å²) in [4.78, 5) is 26.0. The quantitative estimate of drug-likeness (QED) is 0.605. The standard InChI is InChI=1S/C26H33N5O2/c1-16(2)28-26(33)29-20-12-10-19(11-13-20)24-23(15-27)22(14-17(3)25(32)30(5)6)18(4)31(24)21-8-7-9-21/h10-14,16,21H,7-9H2,1-6H3,(H2,28,29,33)/b17-14+. The molecule has 7 heteroatoms. The zero-order chi connectivity index (χ0) is 24.3. The van der Waals surface area contributed by atoms with E-state index in [1.165, 1.54) is 11.3 Å². The summed E-state index contributed by atoms with van der Waals surface area (Å²) in [6, 6.07) is 10.1. The van der Waals surface area contributed by atoms with Crippen LogP contribution in [-0.4, -0.2) is 41.5 Å². The van der Waals surface area contributed by atoms with Gasteiger partial charge in [-0.15, -0.1) is 0 Å². The van der Waals surface area contributed by atoms with Gasteiger partial charge < -0.3 is 20.1 Å². The number of nitrogens with zero attached hydrogens (tertiary/aromatic N) is 3. The molecule has 33 heavy (non-hydrogen) atoms. The lowest BCUT2D eigenvalue weighted by molar-refractivity contribution is -0.124. The lowest BCUT2D eigenvalue weighted by atomic mass is 9.92. The summed E-state index contributed by atoms with van der Waals surface area (Å²) in [5, 5.41) is 15.8. The Balaban J connectivity index is 2.06. The molecule has 1 aliphatic rings. The number of benzene rings is 1. The van der Waals surface area contributed by atoms with Crippen molar-refractivity contribution in [2.45, 2.75) is 59.0 Å². The number of anilines is 1. The van der Waals surface area contributed by atoms with E-state index in [1.54, 1.807) is 21.0 Å². The van der Waals surface area contributed by atoms with Gasteiger partial charge in [0.05, 0.1) is 11.3 Å². The maximum absolute atomic E-state index is 12.4. The molecule has 174 valence electrons. The first-order valence-corrected chi connectivity index (χ1v) is 11.4.